The Kier molecular flexibility index (Phi) is 6.63. The van der Waals surface area contributed by atoms with Gasteiger partial charge in [0.05, 0.1) is 17.4 Å². The Bertz CT molecular complexity index is 734. The Morgan fingerprint density at radius 1 is 1.19 bits per heavy atom. The minimum Gasteiger partial charge on any atom is -0.460 e. The normalized spacial score (nSPS) is 17.4. The average molecular weight is 390 g/mol. The smallest absolute Gasteiger partial charge is 0.340 e. The number of halogens is 1. The molecule has 2 atom stereocenters. The summed E-state index contributed by atoms with van der Waals surface area (Å²) in [4.78, 5) is 23.2. The van der Waals surface area contributed by atoms with Gasteiger partial charge in [-0.15, -0.1) is 0 Å². The molecule has 0 saturated carbocycles. The molecule has 1 aromatic carbocycles. The van der Waals surface area contributed by atoms with Crippen LogP contribution in [0.5, 0.6) is 0 Å². The first kappa shape index (κ1) is 19.6. The summed E-state index contributed by atoms with van der Waals surface area (Å²) in [6.07, 6.45) is 4.15. The molecule has 7 heteroatoms. The molecular formula is C20H24ClN3O3. The molecule has 1 aromatic heterocycles. The molecule has 1 fully saturated rings. The van der Waals surface area contributed by atoms with Crippen molar-refractivity contribution in [2.45, 2.75) is 32.0 Å². The summed E-state index contributed by atoms with van der Waals surface area (Å²) < 4.78 is 11.1. The minimum absolute atomic E-state index is 0.174. The fraction of sp³-hybridized carbons (Fsp3) is 0.450. The van der Waals surface area contributed by atoms with Gasteiger partial charge in [-0.3, -0.25) is 0 Å². The predicted octanol–water partition coefficient (Wildman–Crippen LogP) is 3.67. The summed E-state index contributed by atoms with van der Waals surface area (Å²) in [7, 11) is 1.52. The molecule has 2 heterocycles. The van der Waals surface area contributed by atoms with Crippen LogP contribution in [-0.4, -0.2) is 42.2 Å². The number of rotatable bonds is 6. The molecule has 1 aliphatic heterocycles. The zero-order valence-corrected chi connectivity index (χ0v) is 16.3. The van der Waals surface area contributed by atoms with Gasteiger partial charge in [0.1, 0.15) is 6.10 Å². The first-order valence-electron chi connectivity index (χ1n) is 9.09. The number of aromatic nitrogens is 2. The number of esters is 1. The Hall–Kier alpha value is -2.18. The lowest BCUT2D eigenvalue weighted by molar-refractivity contribution is -0.163. The van der Waals surface area contributed by atoms with Crippen LogP contribution in [0, 0.1) is 5.92 Å². The first-order chi connectivity index (χ1) is 13.1. The molecule has 0 N–H and O–H groups in total. The van der Waals surface area contributed by atoms with Gasteiger partial charge < -0.3 is 14.4 Å². The topological polar surface area (TPSA) is 64.6 Å². The second kappa shape index (κ2) is 9.15. The summed E-state index contributed by atoms with van der Waals surface area (Å²) >= 11 is 5.84. The van der Waals surface area contributed by atoms with Crippen LogP contribution in [0.25, 0.3) is 0 Å². The van der Waals surface area contributed by atoms with Gasteiger partial charge in [-0.25, -0.2) is 14.8 Å². The van der Waals surface area contributed by atoms with E-state index in [9.17, 15) is 4.79 Å². The second-order valence-electron chi connectivity index (χ2n) is 6.69. The Labute approximate surface area is 164 Å². The third kappa shape index (κ3) is 4.96. The van der Waals surface area contributed by atoms with Gasteiger partial charge in [0.15, 0.2) is 6.10 Å². The van der Waals surface area contributed by atoms with E-state index in [2.05, 4.69) is 14.9 Å². The molecule has 0 aliphatic carbocycles. The number of piperidine rings is 1. The van der Waals surface area contributed by atoms with Crippen LogP contribution in [0.4, 0.5) is 5.95 Å². The highest BCUT2D eigenvalue weighted by molar-refractivity contribution is 6.30. The van der Waals surface area contributed by atoms with E-state index in [1.54, 1.807) is 12.4 Å². The van der Waals surface area contributed by atoms with Crippen LogP contribution < -0.4 is 4.90 Å². The zero-order valence-electron chi connectivity index (χ0n) is 15.5. The van der Waals surface area contributed by atoms with Crippen molar-refractivity contribution in [2.24, 2.45) is 5.92 Å². The van der Waals surface area contributed by atoms with Gasteiger partial charge >= 0.3 is 5.97 Å². The number of benzene rings is 1. The number of nitrogens with zero attached hydrogens (tertiary/aromatic N) is 3. The molecule has 0 spiro atoms. The average Bonchev–Trinajstić information content (AvgIpc) is 2.70. The molecule has 1 aliphatic rings. The van der Waals surface area contributed by atoms with Crippen molar-refractivity contribution in [1.29, 1.82) is 0 Å². The quantitative estimate of drug-likeness (QED) is 0.702. The van der Waals surface area contributed by atoms with E-state index >= 15 is 0 Å². The molecular weight excluding hydrogens is 366 g/mol. The molecule has 0 amide bonds. The molecule has 1 saturated heterocycles. The fourth-order valence-electron chi connectivity index (χ4n) is 3.38. The third-order valence-corrected chi connectivity index (χ3v) is 5.14. The standard InChI is InChI=1S/C20H24ClN3O3/c1-14(27-19(25)18(26-2)16-6-4-3-5-7-16)15-8-10-24(11-9-15)20-22-12-17(21)13-23-20/h3-7,12-15,18H,8-11H2,1-2H3. The highest BCUT2D eigenvalue weighted by atomic mass is 35.5. The van der Waals surface area contributed by atoms with Gasteiger partial charge in [0.25, 0.3) is 0 Å². The first-order valence-corrected chi connectivity index (χ1v) is 9.47. The largest absolute Gasteiger partial charge is 0.460 e. The van der Waals surface area contributed by atoms with Gasteiger partial charge in [-0.05, 0) is 31.2 Å². The van der Waals surface area contributed by atoms with Crippen molar-refractivity contribution in [3.8, 4) is 0 Å². The molecule has 6 nitrogen and oxygen atoms in total. The lowest BCUT2D eigenvalue weighted by Crippen LogP contribution is -2.39. The number of methoxy groups -OCH3 is 1. The molecule has 27 heavy (non-hydrogen) atoms. The van der Waals surface area contributed by atoms with Crippen molar-refractivity contribution < 1.29 is 14.3 Å². The maximum atomic E-state index is 12.6. The lowest BCUT2D eigenvalue weighted by Gasteiger charge is -2.34. The van der Waals surface area contributed by atoms with Gasteiger partial charge in [0.2, 0.25) is 5.95 Å². The Morgan fingerprint density at radius 2 is 1.81 bits per heavy atom. The lowest BCUT2D eigenvalue weighted by atomic mass is 9.92. The predicted molar refractivity (Wildman–Crippen MR) is 104 cm³/mol. The number of carbonyl (C=O) groups is 1. The molecule has 2 aromatic rings. The molecule has 3 rings (SSSR count). The molecule has 0 radical (unpaired) electrons. The number of carbonyl (C=O) groups excluding carboxylic acids is 1. The van der Waals surface area contributed by atoms with E-state index in [1.807, 2.05) is 37.3 Å². The molecule has 144 valence electrons. The molecule has 2 unspecified atom stereocenters. The highest BCUT2D eigenvalue weighted by Gasteiger charge is 2.30. The van der Waals surface area contributed by atoms with Crippen LogP contribution in [0.3, 0.4) is 0 Å². The summed E-state index contributed by atoms with van der Waals surface area (Å²) in [6.45, 7) is 3.59. The van der Waals surface area contributed by atoms with Gasteiger partial charge in [-0.2, -0.15) is 0 Å². The van der Waals surface area contributed by atoms with E-state index in [0.29, 0.717) is 16.9 Å². The number of anilines is 1. The minimum atomic E-state index is -0.698. The van der Waals surface area contributed by atoms with E-state index < -0.39 is 6.10 Å². The molecule has 0 bridgehead atoms. The van der Waals surface area contributed by atoms with Crippen LogP contribution in [0.15, 0.2) is 42.7 Å². The van der Waals surface area contributed by atoms with Gasteiger partial charge in [0, 0.05) is 20.2 Å². The van der Waals surface area contributed by atoms with Crippen molar-refractivity contribution in [3.05, 3.63) is 53.3 Å². The van der Waals surface area contributed by atoms with E-state index in [1.165, 1.54) is 7.11 Å². The SMILES string of the molecule is COC(C(=O)OC(C)C1CCN(c2ncc(Cl)cn2)CC1)c1ccccc1. The number of hydrogen-bond acceptors (Lipinski definition) is 6. The highest BCUT2D eigenvalue weighted by Crippen LogP contribution is 2.27. The van der Waals surface area contributed by atoms with Crippen LogP contribution in [0.1, 0.15) is 31.4 Å². The zero-order chi connectivity index (χ0) is 19.2. The van der Waals surface area contributed by atoms with Crippen LogP contribution in [0.2, 0.25) is 5.02 Å². The number of ether oxygens (including phenoxy) is 2. The number of hydrogen-bond donors (Lipinski definition) is 0. The Morgan fingerprint density at radius 3 is 2.41 bits per heavy atom. The van der Waals surface area contributed by atoms with Crippen molar-refractivity contribution in [2.75, 3.05) is 25.1 Å². The van der Waals surface area contributed by atoms with Crippen LogP contribution in [-0.2, 0) is 14.3 Å². The van der Waals surface area contributed by atoms with Gasteiger partial charge in [-0.1, -0.05) is 41.9 Å². The van der Waals surface area contributed by atoms with E-state index in [0.717, 1.165) is 31.5 Å². The van der Waals surface area contributed by atoms with Crippen molar-refractivity contribution in [3.63, 3.8) is 0 Å². The Balaban J connectivity index is 1.53. The maximum Gasteiger partial charge on any atom is 0.340 e. The summed E-state index contributed by atoms with van der Waals surface area (Å²) in [5, 5.41) is 0.528. The maximum absolute atomic E-state index is 12.6. The van der Waals surface area contributed by atoms with E-state index in [4.69, 9.17) is 21.1 Å². The fourth-order valence-corrected chi connectivity index (χ4v) is 3.47. The van der Waals surface area contributed by atoms with Crippen molar-refractivity contribution >= 4 is 23.5 Å². The third-order valence-electron chi connectivity index (χ3n) is 4.95. The van der Waals surface area contributed by atoms with Crippen molar-refractivity contribution in [1.82, 2.24) is 9.97 Å². The van der Waals surface area contributed by atoms with E-state index in [-0.39, 0.29) is 12.1 Å². The summed E-state index contributed by atoms with van der Waals surface area (Å²) in [6, 6.07) is 9.40. The summed E-state index contributed by atoms with van der Waals surface area (Å²) in [5.74, 6) is 0.636. The monoisotopic (exact) mass is 389 g/mol. The van der Waals surface area contributed by atoms with Crippen LogP contribution >= 0.6 is 11.6 Å². The second-order valence-corrected chi connectivity index (χ2v) is 7.13. The summed E-state index contributed by atoms with van der Waals surface area (Å²) in [5.41, 5.74) is 0.798.